The summed E-state index contributed by atoms with van der Waals surface area (Å²) in [4.78, 5) is 26.9. The number of nitrogens with one attached hydrogen (secondary N) is 2. The van der Waals surface area contributed by atoms with E-state index >= 15 is 0 Å². The first-order valence-electron chi connectivity index (χ1n) is 10.1. The van der Waals surface area contributed by atoms with Gasteiger partial charge in [0.1, 0.15) is 0 Å². The third-order valence-electron chi connectivity index (χ3n) is 6.20. The van der Waals surface area contributed by atoms with Gasteiger partial charge in [0.2, 0.25) is 5.91 Å². The first kappa shape index (κ1) is 17.5. The maximum atomic E-state index is 12.8. The highest BCUT2D eigenvalue weighted by Gasteiger charge is 2.31. The van der Waals surface area contributed by atoms with Crippen molar-refractivity contribution in [1.29, 1.82) is 0 Å². The summed E-state index contributed by atoms with van der Waals surface area (Å²) < 4.78 is 0. The zero-order chi connectivity index (χ0) is 17.9. The zero-order valence-electron chi connectivity index (χ0n) is 15.4. The van der Waals surface area contributed by atoms with Crippen molar-refractivity contribution in [3.63, 3.8) is 0 Å². The zero-order valence-corrected chi connectivity index (χ0v) is 15.4. The molecule has 1 saturated carbocycles. The Balaban J connectivity index is 1.32. The van der Waals surface area contributed by atoms with Crippen molar-refractivity contribution in [2.75, 3.05) is 13.1 Å². The molecule has 2 unspecified atom stereocenters. The van der Waals surface area contributed by atoms with Crippen LogP contribution in [0.25, 0.3) is 0 Å². The van der Waals surface area contributed by atoms with Gasteiger partial charge in [-0.2, -0.15) is 0 Å². The molecule has 4 rings (SSSR count). The number of likely N-dealkylation sites (tertiary alicyclic amines) is 1. The molecule has 0 aromatic heterocycles. The van der Waals surface area contributed by atoms with Crippen LogP contribution < -0.4 is 10.6 Å². The van der Waals surface area contributed by atoms with Crippen molar-refractivity contribution < 1.29 is 9.59 Å². The second kappa shape index (κ2) is 7.78. The van der Waals surface area contributed by atoms with E-state index in [0.29, 0.717) is 18.6 Å². The van der Waals surface area contributed by atoms with Crippen LogP contribution in [0.2, 0.25) is 0 Å². The van der Waals surface area contributed by atoms with E-state index in [1.165, 1.54) is 25.7 Å². The molecule has 2 bridgehead atoms. The van der Waals surface area contributed by atoms with Crippen LogP contribution in [0.4, 0.5) is 0 Å². The molecule has 1 aliphatic carbocycles. The van der Waals surface area contributed by atoms with Crippen molar-refractivity contribution >= 4 is 11.8 Å². The largest absolute Gasteiger partial charge is 0.352 e. The van der Waals surface area contributed by atoms with Gasteiger partial charge in [0.15, 0.2) is 0 Å². The standard InChI is InChI=1S/C21H29N3O2/c25-20(16-3-1-2-4-16)22-13-15-5-7-17(8-6-15)21(26)24-12-11-18-9-10-19(14-24)23-18/h5-8,16,18-19,23H,1-4,9-14H2,(H,22,25). The maximum absolute atomic E-state index is 12.8. The molecule has 5 heteroatoms. The Morgan fingerprint density at radius 2 is 1.73 bits per heavy atom. The van der Waals surface area contributed by atoms with E-state index in [9.17, 15) is 9.59 Å². The summed E-state index contributed by atoms with van der Waals surface area (Å²) in [7, 11) is 0. The number of carbonyl (C=O) groups is 2. The van der Waals surface area contributed by atoms with Crippen molar-refractivity contribution in [2.45, 2.75) is 63.6 Å². The minimum atomic E-state index is 0.126. The fourth-order valence-electron chi connectivity index (χ4n) is 4.60. The third kappa shape index (κ3) is 3.93. The van der Waals surface area contributed by atoms with Gasteiger partial charge in [-0.1, -0.05) is 25.0 Å². The predicted octanol–water partition coefficient (Wildman–Crippen LogP) is 2.46. The minimum absolute atomic E-state index is 0.126. The number of carbonyl (C=O) groups excluding carboxylic acids is 2. The molecule has 2 heterocycles. The Labute approximate surface area is 155 Å². The van der Waals surface area contributed by atoms with Gasteiger partial charge in [-0.15, -0.1) is 0 Å². The summed E-state index contributed by atoms with van der Waals surface area (Å²) in [6, 6.07) is 8.76. The van der Waals surface area contributed by atoms with Crippen LogP contribution in [0.15, 0.2) is 24.3 Å². The Morgan fingerprint density at radius 1 is 1.00 bits per heavy atom. The summed E-state index contributed by atoms with van der Waals surface area (Å²) in [6.45, 7) is 2.20. The van der Waals surface area contributed by atoms with Crippen LogP contribution >= 0.6 is 0 Å². The molecular formula is C21H29N3O2. The fraction of sp³-hybridized carbons (Fsp3) is 0.619. The van der Waals surface area contributed by atoms with E-state index in [0.717, 1.165) is 43.5 Å². The summed E-state index contributed by atoms with van der Waals surface area (Å²) in [5.74, 6) is 0.499. The topological polar surface area (TPSA) is 61.4 Å². The normalized spacial score (nSPS) is 25.9. The van der Waals surface area contributed by atoms with Gasteiger partial charge in [-0.25, -0.2) is 0 Å². The smallest absolute Gasteiger partial charge is 0.253 e. The van der Waals surface area contributed by atoms with Gasteiger partial charge in [-0.05, 0) is 49.8 Å². The summed E-state index contributed by atoms with van der Waals surface area (Å²) >= 11 is 0. The molecule has 2 aliphatic heterocycles. The van der Waals surface area contributed by atoms with Gasteiger partial charge >= 0.3 is 0 Å². The molecule has 5 nitrogen and oxygen atoms in total. The highest BCUT2D eigenvalue weighted by Crippen LogP contribution is 2.25. The molecule has 0 spiro atoms. The van der Waals surface area contributed by atoms with Crippen molar-refractivity contribution in [3.8, 4) is 0 Å². The van der Waals surface area contributed by atoms with Crippen LogP contribution in [-0.4, -0.2) is 41.9 Å². The lowest BCUT2D eigenvalue weighted by Crippen LogP contribution is -2.39. The van der Waals surface area contributed by atoms with Gasteiger partial charge in [0.05, 0.1) is 0 Å². The Bertz CT molecular complexity index is 652. The fourth-order valence-corrected chi connectivity index (χ4v) is 4.60. The number of hydrogen-bond acceptors (Lipinski definition) is 3. The van der Waals surface area contributed by atoms with E-state index in [4.69, 9.17) is 0 Å². The molecule has 2 N–H and O–H groups in total. The van der Waals surface area contributed by atoms with Gasteiger partial charge in [0, 0.05) is 43.2 Å². The van der Waals surface area contributed by atoms with Crippen LogP contribution in [0.1, 0.15) is 60.9 Å². The number of nitrogens with zero attached hydrogens (tertiary/aromatic N) is 1. The molecule has 0 radical (unpaired) electrons. The van der Waals surface area contributed by atoms with E-state index < -0.39 is 0 Å². The molecule has 3 aliphatic rings. The molecule has 3 fully saturated rings. The van der Waals surface area contributed by atoms with Crippen LogP contribution in [-0.2, 0) is 11.3 Å². The number of amides is 2. The highest BCUT2D eigenvalue weighted by atomic mass is 16.2. The quantitative estimate of drug-likeness (QED) is 0.872. The van der Waals surface area contributed by atoms with Crippen molar-refractivity contribution in [1.82, 2.24) is 15.5 Å². The molecule has 1 aromatic rings. The second-order valence-electron chi connectivity index (χ2n) is 8.07. The lowest BCUT2D eigenvalue weighted by atomic mass is 10.1. The number of rotatable bonds is 4. The number of fused-ring (bicyclic) bond motifs is 2. The first-order chi connectivity index (χ1) is 12.7. The monoisotopic (exact) mass is 355 g/mol. The van der Waals surface area contributed by atoms with E-state index in [1.54, 1.807) is 0 Å². The summed E-state index contributed by atoms with van der Waals surface area (Å²) in [5.41, 5.74) is 1.79. The molecule has 140 valence electrons. The number of hydrogen-bond donors (Lipinski definition) is 2. The van der Waals surface area contributed by atoms with Crippen LogP contribution in [0, 0.1) is 5.92 Å². The van der Waals surface area contributed by atoms with Gasteiger partial charge < -0.3 is 15.5 Å². The summed E-state index contributed by atoms with van der Waals surface area (Å²) in [5, 5.41) is 6.65. The van der Waals surface area contributed by atoms with Crippen molar-refractivity contribution in [2.24, 2.45) is 5.92 Å². The SMILES string of the molecule is O=C(NCc1ccc(C(=O)N2CCC3CCC(C2)N3)cc1)C1CCCC1. The Hall–Kier alpha value is -1.88. The molecule has 1 aromatic carbocycles. The van der Waals surface area contributed by atoms with Gasteiger partial charge in [0.25, 0.3) is 5.91 Å². The average molecular weight is 355 g/mol. The Kier molecular flexibility index (Phi) is 5.25. The lowest BCUT2D eigenvalue weighted by molar-refractivity contribution is -0.124. The number of benzene rings is 1. The molecule has 2 amide bonds. The third-order valence-corrected chi connectivity index (χ3v) is 6.20. The summed E-state index contributed by atoms with van der Waals surface area (Å²) in [6.07, 6.45) is 7.85. The predicted molar refractivity (Wildman–Crippen MR) is 101 cm³/mol. The Morgan fingerprint density at radius 3 is 2.50 bits per heavy atom. The average Bonchev–Trinajstić information content (AvgIpc) is 3.29. The van der Waals surface area contributed by atoms with E-state index in [1.807, 2.05) is 29.2 Å². The van der Waals surface area contributed by atoms with Crippen LogP contribution in [0.3, 0.4) is 0 Å². The van der Waals surface area contributed by atoms with E-state index in [-0.39, 0.29) is 17.7 Å². The van der Waals surface area contributed by atoms with Crippen molar-refractivity contribution in [3.05, 3.63) is 35.4 Å². The van der Waals surface area contributed by atoms with E-state index in [2.05, 4.69) is 10.6 Å². The second-order valence-corrected chi connectivity index (χ2v) is 8.07. The lowest BCUT2D eigenvalue weighted by Gasteiger charge is -2.24. The molecular weight excluding hydrogens is 326 g/mol. The molecule has 2 atom stereocenters. The molecule has 2 saturated heterocycles. The molecule has 26 heavy (non-hydrogen) atoms. The van der Waals surface area contributed by atoms with Gasteiger partial charge in [-0.3, -0.25) is 9.59 Å². The maximum Gasteiger partial charge on any atom is 0.253 e. The first-order valence-corrected chi connectivity index (χ1v) is 10.1. The minimum Gasteiger partial charge on any atom is -0.352 e. The van der Waals surface area contributed by atoms with Crippen LogP contribution in [0.5, 0.6) is 0 Å². The highest BCUT2D eigenvalue weighted by molar-refractivity contribution is 5.94.